The summed E-state index contributed by atoms with van der Waals surface area (Å²) in [5.41, 5.74) is 2.39. The van der Waals surface area contributed by atoms with Crippen molar-refractivity contribution in [3.8, 4) is 5.75 Å². The number of aromatic nitrogens is 1. The van der Waals surface area contributed by atoms with Gasteiger partial charge in [0.1, 0.15) is 11.8 Å². The SMILES string of the molecule is COc1ccc(C(=O)N[C@@H](C(=O)N2CCC(NCc3cccnc3)CC2)c2ccccc2)cc1. The standard InChI is InChI=1S/C27H30N4O3/c1-34-24-11-9-22(10-12-24)26(32)30-25(21-7-3-2-4-8-21)27(33)31-16-13-23(14-17-31)29-19-20-6-5-15-28-18-20/h2-12,15,18,23,25,29H,13-14,16-17,19H2,1H3,(H,30,32)/t25-/m1/s1. The van der Waals surface area contributed by atoms with Gasteiger partial charge in [-0.2, -0.15) is 0 Å². The number of ether oxygens (including phenoxy) is 1. The van der Waals surface area contributed by atoms with Gasteiger partial charge in [-0.05, 0) is 54.3 Å². The van der Waals surface area contributed by atoms with Gasteiger partial charge in [-0.3, -0.25) is 14.6 Å². The number of benzene rings is 2. The van der Waals surface area contributed by atoms with Crippen molar-refractivity contribution in [3.63, 3.8) is 0 Å². The number of amides is 2. The fourth-order valence-corrected chi connectivity index (χ4v) is 4.14. The minimum atomic E-state index is -0.740. The summed E-state index contributed by atoms with van der Waals surface area (Å²) in [4.78, 5) is 32.5. The lowest BCUT2D eigenvalue weighted by Gasteiger charge is -2.35. The molecule has 1 aromatic heterocycles. The Bertz CT molecular complexity index is 1070. The monoisotopic (exact) mass is 458 g/mol. The summed E-state index contributed by atoms with van der Waals surface area (Å²) in [6, 6.07) is 19.8. The zero-order chi connectivity index (χ0) is 23.8. The van der Waals surface area contributed by atoms with Crippen LogP contribution in [-0.4, -0.2) is 47.9 Å². The van der Waals surface area contributed by atoms with Crippen LogP contribution in [0.1, 0.15) is 40.4 Å². The molecule has 1 aliphatic heterocycles. The number of pyridine rings is 1. The highest BCUT2D eigenvalue weighted by atomic mass is 16.5. The summed E-state index contributed by atoms with van der Waals surface area (Å²) < 4.78 is 5.17. The second-order valence-corrected chi connectivity index (χ2v) is 8.39. The molecule has 2 amide bonds. The second-order valence-electron chi connectivity index (χ2n) is 8.39. The van der Waals surface area contributed by atoms with E-state index in [-0.39, 0.29) is 11.8 Å². The van der Waals surface area contributed by atoms with E-state index >= 15 is 0 Å². The average Bonchev–Trinajstić information content (AvgIpc) is 2.91. The van der Waals surface area contributed by atoms with Crippen LogP contribution in [0.15, 0.2) is 79.1 Å². The number of carbonyl (C=O) groups is 2. The highest BCUT2D eigenvalue weighted by Gasteiger charge is 2.30. The topological polar surface area (TPSA) is 83.6 Å². The fourth-order valence-electron chi connectivity index (χ4n) is 4.14. The summed E-state index contributed by atoms with van der Waals surface area (Å²) in [6.45, 7) is 2.05. The number of methoxy groups -OCH3 is 1. The van der Waals surface area contributed by atoms with E-state index in [0.29, 0.717) is 30.4 Å². The lowest BCUT2D eigenvalue weighted by Crippen LogP contribution is -2.49. The first-order valence-corrected chi connectivity index (χ1v) is 11.5. The number of hydrogen-bond donors (Lipinski definition) is 2. The van der Waals surface area contributed by atoms with Crippen LogP contribution in [0.5, 0.6) is 5.75 Å². The maximum atomic E-state index is 13.5. The van der Waals surface area contributed by atoms with Gasteiger partial charge >= 0.3 is 0 Å². The summed E-state index contributed by atoms with van der Waals surface area (Å²) in [5, 5.41) is 6.51. The summed E-state index contributed by atoms with van der Waals surface area (Å²) in [5.74, 6) is 0.295. The van der Waals surface area contributed by atoms with E-state index in [9.17, 15) is 9.59 Å². The zero-order valence-electron chi connectivity index (χ0n) is 19.3. The van der Waals surface area contributed by atoms with E-state index in [1.807, 2.05) is 47.5 Å². The third-order valence-electron chi connectivity index (χ3n) is 6.13. The maximum absolute atomic E-state index is 13.5. The highest BCUT2D eigenvalue weighted by Crippen LogP contribution is 2.21. The van der Waals surface area contributed by atoms with Gasteiger partial charge in [0, 0.05) is 43.6 Å². The Morgan fingerprint density at radius 3 is 2.41 bits per heavy atom. The number of hydrogen-bond acceptors (Lipinski definition) is 5. The first kappa shape index (κ1) is 23.4. The molecule has 2 N–H and O–H groups in total. The third-order valence-corrected chi connectivity index (χ3v) is 6.13. The van der Waals surface area contributed by atoms with E-state index in [1.165, 1.54) is 0 Å². The van der Waals surface area contributed by atoms with Crippen LogP contribution in [0.4, 0.5) is 0 Å². The molecule has 0 radical (unpaired) electrons. The van der Waals surface area contributed by atoms with Gasteiger partial charge in [0.25, 0.3) is 5.91 Å². The van der Waals surface area contributed by atoms with Crippen LogP contribution in [-0.2, 0) is 11.3 Å². The van der Waals surface area contributed by atoms with Crippen molar-refractivity contribution in [2.45, 2.75) is 31.5 Å². The second kappa shape index (κ2) is 11.4. The highest BCUT2D eigenvalue weighted by molar-refractivity contribution is 5.98. The van der Waals surface area contributed by atoms with Crippen molar-refractivity contribution >= 4 is 11.8 Å². The lowest BCUT2D eigenvalue weighted by molar-refractivity contribution is -0.134. The predicted molar refractivity (Wildman–Crippen MR) is 130 cm³/mol. The first-order valence-electron chi connectivity index (χ1n) is 11.5. The van der Waals surface area contributed by atoms with Crippen molar-refractivity contribution in [3.05, 3.63) is 95.8 Å². The number of carbonyl (C=O) groups excluding carboxylic acids is 2. The molecule has 1 saturated heterocycles. The molecular weight excluding hydrogens is 428 g/mol. The Morgan fingerprint density at radius 2 is 1.76 bits per heavy atom. The normalized spacial score (nSPS) is 14.9. The molecule has 176 valence electrons. The molecule has 34 heavy (non-hydrogen) atoms. The van der Waals surface area contributed by atoms with E-state index in [4.69, 9.17) is 4.74 Å². The predicted octanol–water partition coefficient (Wildman–Crippen LogP) is 3.34. The number of piperidine rings is 1. The van der Waals surface area contributed by atoms with Crippen molar-refractivity contribution in [1.29, 1.82) is 0 Å². The Hall–Kier alpha value is -3.71. The van der Waals surface area contributed by atoms with Crippen LogP contribution in [0.2, 0.25) is 0 Å². The minimum absolute atomic E-state index is 0.0845. The van der Waals surface area contributed by atoms with E-state index in [0.717, 1.165) is 30.5 Å². The molecule has 0 unspecified atom stereocenters. The van der Waals surface area contributed by atoms with Gasteiger partial charge in [-0.1, -0.05) is 36.4 Å². The maximum Gasteiger partial charge on any atom is 0.252 e. The van der Waals surface area contributed by atoms with Crippen LogP contribution in [0, 0.1) is 0 Å². The fraction of sp³-hybridized carbons (Fsp3) is 0.296. The van der Waals surface area contributed by atoms with Crippen molar-refractivity contribution < 1.29 is 14.3 Å². The van der Waals surface area contributed by atoms with Gasteiger partial charge in [0.15, 0.2) is 0 Å². The van der Waals surface area contributed by atoms with Crippen molar-refractivity contribution in [2.75, 3.05) is 20.2 Å². The number of likely N-dealkylation sites (tertiary alicyclic amines) is 1. The lowest BCUT2D eigenvalue weighted by atomic mass is 10.0. The van der Waals surface area contributed by atoms with Crippen LogP contribution in [0.3, 0.4) is 0 Å². The summed E-state index contributed by atoms with van der Waals surface area (Å²) >= 11 is 0. The van der Waals surface area contributed by atoms with Gasteiger partial charge in [-0.15, -0.1) is 0 Å². The van der Waals surface area contributed by atoms with Gasteiger partial charge < -0.3 is 20.3 Å². The molecule has 1 atom stereocenters. The molecule has 3 aromatic rings. The Kier molecular flexibility index (Phi) is 7.88. The quantitative estimate of drug-likeness (QED) is 0.541. The Balaban J connectivity index is 1.39. The number of nitrogens with zero attached hydrogens (tertiary/aromatic N) is 2. The largest absolute Gasteiger partial charge is 0.497 e. The average molecular weight is 459 g/mol. The first-order chi connectivity index (χ1) is 16.6. The molecule has 4 rings (SSSR count). The van der Waals surface area contributed by atoms with Crippen molar-refractivity contribution in [1.82, 2.24) is 20.5 Å². The molecule has 2 heterocycles. The minimum Gasteiger partial charge on any atom is -0.497 e. The summed E-state index contributed by atoms with van der Waals surface area (Å²) in [6.07, 6.45) is 5.35. The van der Waals surface area contributed by atoms with Gasteiger partial charge in [0.05, 0.1) is 7.11 Å². The molecule has 7 heteroatoms. The molecular formula is C27H30N4O3. The van der Waals surface area contributed by atoms with E-state index < -0.39 is 6.04 Å². The third kappa shape index (κ3) is 5.99. The number of nitrogens with one attached hydrogen (secondary N) is 2. The molecule has 1 fully saturated rings. The Morgan fingerprint density at radius 1 is 1.03 bits per heavy atom. The summed E-state index contributed by atoms with van der Waals surface area (Å²) in [7, 11) is 1.58. The van der Waals surface area contributed by atoms with Gasteiger partial charge in [0.2, 0.25) is 5.91 Å². The van der Waals surface area contributed by atoms with E-state index in [1.54, 1.807) is 37.6 Å². The molecule has 0 spiro atoms. The number of rotatable bonds is 8. The molecule has 1 aliphatic rings. The molecule has 0 saturated carbocycles. The zero-order valence-corrected chi connectivity index (χ0v) is 19.3. The van der Waals surface area contributed by atoms with Crippen LogP contribution < -0.4 is 15.4 Å². The molecule has 7 nitrogen and oxygen atoms in total. The Labute approximate surface area is 200 Å². The van der Waals surface area contributed by atoms with Crippen LogP contribution >= 0.6 is 0 Å². The molecule has 2 aromatic carbocycles. The molecule has 0 aliphatic carbocycles. The van der Waals surface area contributed by atoms with Crippen molar-refractivity contribution in [2.24, 2.45) is 0 Å². The van der Waals surface area contributed by atoms with E-state index in [2.05, 4.69) is 21.7 Å². The molecule has 0 bridgehead atoms. The van der Waals surface area contributed by atoms with Crippen LogP contribution in [0.25, 0.3) is 0 Å². The van der Waals surface area contributed by atoms with Gasteiger partial charge in [-0.25, -0.2) is 0 Å². The smallest absolute Gasteiger partial charge is 0.252 e.